The molecule has 7 nitrogen and oxygen atoms in total. The van der Waals surface area contributed by atoms with Crippen LogP contribution < -0.4 is 5.32 Å². The summed E-state index contributed by atoms with van der Waals surface area (Å²) in [5, 5.41) is 31.9. The summed E-state index contributed by atoms with van der Waals surface area (Å²) in [6.07, 6.45) is -1.28. The second kappa shape index (κ2) is 7.56. The highest BCUT2D eigenvalue weighted by molar-refractivity contribution is 5.78. The number of likely N-dealkylation sites (tertiary alicyclic amines) is 1. The lowest BCUT2D eigenvalue weighted by Crippen LogP contribution is -2.67. The number of amides is 2. The number of nitrogens with one attached hydrogen (secondary N) is 1. The van der Waals surface area contributed by atoms with Gasteiger partial charge in [-0.2, -0.15) is 0 Å². The maximum Gasteiger partial charge on any atom is 0.223 e. The molecule has 4 N–H and O–H groups in total. The number of carbonyl (C=O) groups excluding carboxylic acids is 2. The van der Waals surface area contributed by atoms with E-state index in [1.807, 2.05) is 6.92 Å². The largest absolute Gasteiger partial charge is 0.394 e. The van der Waals surface area contributed by atoms with Crippen molar-refractivity contribution in [3.05, 3.63) is 0 Å². The van der Waals surface area contributed by atoms with E-state index >= 15 is 0 Å². The highest BCUT2D eigenvalue weighted by Crippen LogP contribution is 2.20. The molecule has 0 aromatic rings. The maximum absolute atomic E-state index is 12.0. The normalized spacial score (nSPS) is 30.1. The first-order valence-electron chi connectivity index (χ1n) is 7.02. The van der Waals surface area contributed by atoms with Crippen LogP contribution in [0.15, 0.2) is 0 Å². The van der Waals surface area contributed by atoms with Crippen LogP contribution in [0.2, 0.25) is 0 Å². The van der Waals surface area contributed by atoms with Crippen molar-refractivity contribution in [2.45, 2.75) is 57.4 Å². The molecule has 1 aliphatic rings. The molecule has 116 valence electrons. The van der Waals surface area contributed by atoms with E-state index in [1.54, 1.807) is 6.92 Å². The van der Waals surface area contributed by atoms with Gasteiger partial charge in [-0.15, -0.1) is 0 Å². The third-order valence-corrected chi connectivity index (χ3v) is 3.59. The average Bonchev–Trinajstić information content (AvgIpc) is 2.43. The predicted molar refractivity (Wildman–Crippen MR) is 71.7 cm³/mol. The fourth-order valence-corrected chi connectivity index (χ4v) is 2.40. The third-order valence-electron chi connectivity index (χ3n) is 3.59. The van der Waals surface area contributed by atoms with Crippen LogP contribution in [0.5, 0.6) is 0 Å². The monoisotopic (exact) mass is 288 g/mol. The molecule has 0 saturated carbocycles. The Bertz CT molecular complexity index is 350. The predicted octanol–water partition coefficient (Wildman–Crippen LogP) is -1.39. The lowest BCUT2D eigenvalue weighted by molar-refractivity contribution is -0.153. The van der Waals surface area contributed by atoms with Crippen LogP contribution in [0.3, 0.4) is 0 Å². The molecule has 1 aliphatic heterocycles. The molecule has 0 aromatic carbocycles. The van der Waals surface area contributed by atoms with Gasteiger partial charge < -0.3 is 25.5 Å². The number of aliphatic hydroxyl groups excluding tert-OH is 3. The fourth-order valence-electron chi connectivity index (χ4n) is 2.40. The SMILES string of the molecule is CCCC(=O)N1CC(NC(=O)CC)C(O)C(O)C1CO. The molecule has 1 saturated heterocycles. The van der Waals surface area contributed by atoms with E-state index in [4.69, 9.17) is 0 Å². The molecule has 0 aliphatic carbocycles. The second-order valence-electron chi connectivity index (χ2n) is 5.05. The number of nitrogens with zero attached hydrogens (tertiary/aromatic N) is 1. The Kier molecular flexibility index (Phi) is 6.38. The van der Waals surface area contributed by atoms with Crippen molar-refractivity contribution in [1.29, 1.82) is 0 Å². The minimum Gasteiger partial charge on any atom is -0.394 e. The van der Waals surface area contributed by atoms with Gasteiger partial charge in [-0.05, 0) is 6.42 Å². The third kappa shape index (κ3) is 3.68. The maximum atomic E-state index is 12.0. The van der Waals surface area contributed by atoms with Crippen molar-refractivity contribution < 1.29 is 24.9 Å². The van der Waals surface area contributed by atoms with Crippen molar-refractivity contribution in [3.8, 4) is 0 Å². The van der Waals surface area contributed by atoms with Crippen LogP contribution in [0.25, 0.3) is 0 Å². The van der Waals surface area contributed by atoms with Gasteiger partial charge in [-0.25, -0.2) is 0 Å². The number of carbonyl (C=O) groups is 2. The molecular weight excluding hydrogens is 264 g/mol. The van der Waals surface area contributed by atoms with Crippen LogP contribution in [0.1, 0.15) is 33.1 Å². The molecule has 1 heterocycles. The van der Waals surface area contributed by atoms with Crippen molar-refractivity contribution in [2.24, 2.45) is 0 Å². The number of hydrogen-bond donors (Lipinski definition) is 4. The molecule has 4 atom stereocenters. The Morgan fingerprint density at radius 3 is 2.40 bits per heavy atom. The van der Waals surface area contributed by atoms with E-state index in [-0.39, 0.29) is 24.8 Å². The summed E-state index contributed by atoms with van der Waals surface area (Å²) in [5.41, 5.74) is 0. The van der Waals surface area contributed by atoms with Crippen LogP contribution in [0, 0.1) is 0 Å². The van der Waals surface area contributed by atoms with Crippen LogP contribution in [-0.4, -0.2) is 69.5 Å². The van der Waals surface area contributed by atoms with Crippen LogP contribution >= 0.6 is 0 Å². The summed E-state index contributed by atoms with van der Waals surface area (Å²) in [5.74, 6) is -0.458. The molecule has 4 unspecified atom stereocenters. The zero-order chi connectivity index (χ0) is 15.3. The number of aliphatic hydroxyl groups is 3. The van der Waals surface area contributed by atoms with Crippen molar-refractivity contribution in [1.82, 2.24) is 10.2 Å². The van der Waals surface area contributed by atoms with E-state index in [9.17, 15) is 24.9 Å². The van der Waals surface area contributed by atoms with Gasteiger partial charge >= 0.3 is 0 Å². The topological polar surface area (TPSA) is 110 Å². The molecule has 0 aromatic heterocycles. The first-order valence-corrected chi connectivity index (χ1v) is 7.02. The van der Waals surface area contributed by atoms with Gasteiger partial charge in [0.25, 0.3) is 0 Å². The van der Waals surface area contributed by atoms with E-state index in [2.05, 4.69) is 5.32 Å². The number of hydrogen-bond acceptors (Lipinski definition) is 5. The Hall–Kier alpha value is -1.18. The Labute approximate surface area is 118 Å². The van der Waals surface area contributed by atoms with Crippen molar-refractivity contribution >= 4 is 11.8 Å². The quantitative estimate of drug-likeness (QED) is 0.498. The summed E-state index contributed by atoms with van der Waals surface area (Å²) in [4.78, 5) is 24.8. The molecule has 2 amide bonds. The Morgan fingerprint density at radius 2 is 1.90 bits per heavy atom. The van der Waals surface area contributed by atoms with E-state index in [1.165, 1.54) is 4.90 Å². The fraction of sp³-hybridized carbons (Fsp3) is 0.846. The summed E-state index contributed by atoms with van der Waals surface area (Å²) in [7, 11) is 0. The van der Waals surface area contributed by atoms with Crippen molar-refractivity contribution in [2.75, 3.05) is 13.2 Å². The Balaban J connectivity index is 2.86. The molecule has 1 fully saturated rings. The Morgan fingerprint density at radius 1 is 1.25 bits per heavy atom. The first kappa shape index (κ1) is 16.9. The van der Waals surface area contributed by atoms with Crippen molar-refractivity contribution in [3.63, 3.8) is 0 Å². The zero-order valence-electron chi connectivity index (χ0n) is 12.0. The highest BCUT2D eigenvalue weighted by Gasteiger charge is 2.43. The molecule has 0 radical (unpaired) electrons. The molecule has 7 heteroatoms. The summed E-state index contributed by atoms with van der Waals surface area (Å²) in [6, 6.07) is -1.56. The lowest BCUT2D eigenvalue weighted by Gasteiger charge is -2.45. The summed E-state index contributed by atoms with van der Waals surface area (Å²) < 4.78 is 0. The average molecular weight is 288 g/mol. The smallest absolute Gasteiger partial charge is 0.223 e. The summed E-state index contributed by atoms with van der Waals surface area (Å²) in [6.45, 7) is 3.20. The first-order chi connectivity index (χ1) is 9.46. The van der Waals surface area contributed by atoms with Gasteiger partial charge in [-0.1, -0.05) is 13.8 Å². The van der Waals surface area contributed by atoms with E-state index < -0.39 is 30.9 Å². The van der Waals surface area contributed by atoms with Gasteiger partial charge in [0, 0.05) is 19.4 Å². The standard InChI is InChI=1S/C13H24N2O5/c1-3-5-11(18)15-6-8(14-10(17)4-2)12(19)13(20)9(15)7-16/h8-9,12-13,16,19-20H,3-7H2,1-2H3,(H,14,17). The van der Waals surface area contributed by atoms with Crippen LogP contribution in [-0.2, 0) is 9.59 Å². The number of piperidine rings is 1. The number of rotatable bonds is 5. The van der Waals surface area contributed by atoms with Crippen LogP contribution in [0.4, 0.5) is 0 Å². The molecule has 20 heavy (non-hydrogen) atoms. The van der Waals surface area contributed by atoms with Gasteiger partial charge in [-0.3, -0.25) is 9.59 Å². The molecule has 0 bridgehead atoms. The van der Waals surface area contributed by atoms with Gasteiger partial charge in [0.05, 0.1) is 18.7 Å². The molecule has 0 spiro atoms. The minimum atomic E-state index is -1.28. The van der Waals surface area contributed by atoms with Gasteiger partial charge in [0.1, 0.15) is 12.2 Å². The lowest BCUT2D eigenvalue weighted by atomic mass is 9.92. The molecular formula is C13H24N2O5. The zero-order valence-corrected chi connectivity index (χ0v) is 12.0. The van der Waals surface area contributed by atoms with Gasteiger partial charge in [0.2, 0.25) is 11.8 Å². The van der Waals surface area contributed by atoms with E-state index in [0.717, 1.165) is 0 Å². The summed E-state index contributed by atoms with van der Waals surface area (Å²) >= 11 is 0. The second-order valence-corrected chi connectivity index (χ2v) is 5.05. The minimum absolute atomic E-state index is 0.0913. The highest BCUT2D eigenvalue weighted by atomic mass is 16.3. The van der Waals surface area contributed by atoms with E-state index in [0.29, 0.717) is 12.8 Å². The molecule has 1 rings (SSSR count). The van der Waals surface area contributed by atoms with Gasteiger partial charge in [0.15, 0.2) is 0 Å².